The van der Waals surface area contributed by atoms with Gasteiger partial charge in [0.2, 0.25) is 0 Å². The van der Waals surface area contributed by atoms with Crippen LogP contribution in [0.4, 0.5) is 8.78 Å². The van der Waals surface area contributed by atoms with E-state index >= 15 is 0 Å². The molecule has 0 aliphatic rings. The molecular formula is C11H7F2I3O7S. The lowest BCUT2D eigenvalue weighted by molar-refractivity contribution is -0.162. The van der Waals surface area contributed by atoms with Gasteiger partial charge in [0.1, 0.15) is 13.2 Å². The average Bonchev–Trinajstić information content (AvgIpc) is 2.45. The van der Waals surface area contributed by atoms with Gasteiger partial charge < -0.3 is 9.47 Å². The maximum absolute atomic E-state index is 12.9. The molecule has 7 nitrogen and oxygen atoms in total. The largest absolute Gasteiger partial charge is 0.465 e. The maximum Gasteiger partial charge on any atom is 0.465 e. The third kappa shape index (κ3) is 5.56. The minimum Gasteiger partial charge on any atom is -0.458 e. The van der Waals surface area contributed by atoms with Crippen LogP contribution in [-0.4, -0.2) is 43.4 Å². The summed E-state index contributed by atoms with van der Waals surface area (Å²) in [4.78, 5) is 22.8. The molecule has 0 aliphatic heterocycles. The lowest BCUT2D eigenvalue weighted by Gasteiger charge is -2.12. The van der Waals surface area contributed by atoms with Gasteiger partial charge in [-0.25, -0.2) is 9.59 Å². The molecule has 1 aromatic carbocycles. The predicted molar refractivity (Wildman–Crippen MR) is 102 cm³/mol. The number of hydrogen-bond acceptors (Lipinski definition) is 6. The minimum atomic E-state index is -5.93. The van der Waals surface area contributed by atoms with Crippen LogP contribution < -0.4 is 0 Å². The Hall–Kier alpha value is 0.120. The van der Waals surface area contributed by atoms with Gasteiger partial charge in [-0.3, -0.25) is 4.55 Å². The summed E-state index contributed by atoms with van der Waals surface area (Å²) in [7, 11) is -5.93. The van der Waals surface area contributed by atoms with E-state index in [1.807, 2.05) is 73.8 Å². The standard InChI is InChI=1S/C11H7F2I3O7S/c12-11(13,24(19,20)21)10(18)23-2-1-22-9(17)6-3-5(14)4-7(15)8(6)16/h3-4H,1-2H2,(H,19,20,21). The van der Waals surface area contributed by atoms with Gasteiger partial charge in [-0.05, 0) is 79.9 Å². The molecule has 0 unspecified atom stereocenters. The van der Waals surface area contributed by atoms with Crippen molar-refractivity contribution in [3.8, 4) is 0 Å². The third-order valence-electron chi connectivity index (χ3n) is 2.32. The highest BCUT2D eigenvalue weighted by Gasteiger charge is 2.54. The van der Waals surface area contributed by atoms with Gasteiger partial charge in [0, 0.05) is 10.7 Å². The quantitative estimate of drug-likeness (QED) is 0.160. The van der Waals surface area contributed by atoms with Crippen molar-refractivity contribution in [1.82, 2.24) is 0 Å². The van der Waals surface area contributed by atoms with Crippen molar-refractivity contribution in [3.63, 3.8) is 0 Å². The van der Waals surface area contributed by atoms with Crippen LogP contribution in [0.2, 0.25) is 0 Å². The number of benzene rings is 1. The van der Waals surface area contributed by atoms with Crippen molar-refractivity contribution in [2.75, 3.05) is 13.2 Å². The lowest BCUT2D eigenvalue weighted by atomic mass is 10.2. The minimum absolute atomic E-state index is 0.251. The molecule has 1 rings (SSSR count). The number of ether oxygens (including phenoxy) is 2. The van der Waals surface area contributed by atoms with Crippen LogP contribution in [0.25, 0.3) is 0 Å². The van der Waals surface area contributed by atoms with Crippen molar-refractivity contribution in [1.29, 1.82) is 0 Å². The molecule has 134 valence electrons. The third-order valence-corrected chi connectivity index (χ3v) is 6.81. The molecule has 0 fully saturated rings. The first-order chi connectivity index (χ1) is 10.9. The average molecular weight is 702 g/mol. The van der Waals surface area contributed by atoms with Crippen LogP contribution in [0, 0.1) is 10.7 Å². The van der Waals surface area contributed by atoms with E-state index < -0.39 is 40.5 Å². The summed E-state index contributed by atoms with van der Waals surface area (Å²) in [5, 5.41) is -5.09. The number of hydrogen-bond donors (Lipinski definition) is 1. The normalized spacial score (nSPS) is 11.9. The molecule has 1 N–H and O–H groups in total. The zero-order valence-corrected chi connectivity index (χ0v) is 18.6. The molecule has 0 aliphatic carbocycles. The SMILES string of the molecule is O=C(OCCOC(=O)C(F)(F)S(=O)(=O)O)c1cc(I)cc(I)c1I. The maximum atomic E-state index is 12.9. The van der Waals surface area contributed by atoms with Crippen LogP contribution in [-0.2, 0) is 24.4 Å². The van der Waals surface area contributed by atoms with E-state index in [0.717, 1.165) is 7.14 Å². The molecule has 1 aromatic rings. The number of esters is 2. The second kappa shape index (κ2) is 8.67. The molecule has 0 saturated heterocycles. The highest BCUT2D eigenvalue weighted by Crippen LogP contribution is 2.24. The van der Waals surface area contributed by atoms with E-state index in [2.05, 4.69) is 4.74 Å². The van der Waals surface area contributed by atoms with Gasteiger partial charge >= 0.3 is 27.3 Å². The fourth-order valence-electron chi connectivity index (χ4n) is 1.24. The monoisotopic (exact) mass is 702 g/mol. The Morgan fingerprint density at radius 2 is 1.67 bits per heavy atom. The van der Waals surface area contributed by atoms with Gasteiger partial charge in [-0.1, -0.05) is 0 Å². The predicted octanol–water partition coefficient (Wildman–Crippen LogP) is 2.68. The lowest BCUT2D eigenvalue weighted by Crippen LogP contribution is -2.39. The Morgan fingerprint density at radius 1 is 1.12 bits per heavy atom. The number of rotatable bonds is 6. The number of carbonyl (C=O) groups is 2. The molecule has 13 heteroatoms. The molecule has 0 saturated carbocycles. The highest BCUT2D eigenvalue weighted by atomic mass is 127. The molecule has 0 spiro atoms. The Bertz CT molecular complexity index is 767. The summed E-state index contributed by atoms with van der Waals surface area (Å²) in [5.74, 6) is -3.21. The summed E-state index contributed by atoms with van der Waals surface area (Å²) in [6.45, 7) is -1.36. The molecule has 0 bridgehead atoms. The first-order valence-electron chi connectivity index (χ1n) is 5.71. The topological polar surface area (TPSA) is 107 Å². The fraction of sp³-hybridized carbons (Fsp3) is 0.273. The Kier molecular flexibility index (Phi) is 8.01. The van der Waals surface area contributed by atoms with E-state index in [9.17, 15) is 26.8 Å². The second-order valence-electron chi connectivity index (χ2n) is 4.01. The van der Waals surface area contributed by atoms with Crippen LogP contribution in [0.15, 0.2) is 12.1 Å². The van der Waals surface area contributed by atoms with Crippen LogP contribution >= 0.6 is 67.8 Å². The summed E-state index contributed by atoms with van der Waals surface area (Å²) < 4.78 is 65.7. The fourth-order valence-corrected chi connectivity index (χ4v) is 3.89. The van der Waals surface area contributed by atoms with Crippen LogP contribution in [0.5, 0.6) is 0 Å². The Morgan fingerprint density at radius 3 is 2.21 bits per heavy atom. The van der Waals surface area contributed by atoms with E-state index in [-0.39, 0.29) is 5.56 Å². The summed E-state index contributed by atoms with van der Waals surface area (Å²) >= 11 is 5.96. The number of alkyl halides is 2. The highest BCUT2D eigenvalue weighted by molar-refractivity contribution is 14.1. The van der Waals surface area contributed by atoms with E-state index in [1.165, 1.54) is 0 Å². The summed E-state index contributed by atoms with van der Waals surface area (Å²) in [5.41, 5.74) is 0.251. The van der Waals surface area contributed by atoms with Crippen molar-refractivity contribution in [2.45, 2.75) is 5.25 Å². The first kappa shape index (κ1) is 22.2. The molecule has 0 amide bonds. The van der Waals surface area contributed by atoms with Gasteiger partial charge in [0.05, 0.1) is 5.56 Å². The van der Waals surface area contributed by atoms with E-state index in [1.54, 1.807) is 6.07 Å². The molecule has 0 aromatic heterocycles. The van der Waals surface area contributed by atoms with Gasteiger partial charge in [-0.15, -0.1) is 0 Å². The van der Waals surface area contributed by atoms with Crippen molar-refractivity contribution < 1.29 is 40.8 Å². The molecule has 0 atom stereocenters. The van der Waals surface area contributed by atoms with E-state index in [4.69, 9.17) is 9.29 Å². The Labute approximate surface area is 176 Å². The molecule has 24 heavy (non-hydrogen) atoms. The van der Waals surface area contributed by atoms with E-state index in [0.29, 0.717) is 3.57 Å². The van der Waals surface area contributed by atoms with Crippen LogP contribution in [0.3, 0.4) is 0 Å². The summed E-state index contributed by atoms with van der Waals surface area (Å²) in [6, 6.07) is 3.39. The smallest absolute Gasteiger partial charge is 0.458 e. The van der Waals surface area contributed by atoms with Crippen molar-refractivity contribution in [3.05, 3.63) is 28.4 Å². The first-order valence-corrected chi connectivity index (χ1v) is 10.4. The summed E-state index contributed by atoms with van der Waals surface area (Å²) in [6.07, 6.45) is 0. The van der Waals surface area contributed by atoms with Gasteiger partial charge in [-0.2, -0.15) is 17.2 Å². The van der Waals surface area contributed by atoms with Crippen molar-refractivity contribution in [2.24, 2.45) is 0 Å². The molecule has 0 radical (unpaired) electrons. The molecule has 0 heterocycles. The second-order valence-corrected chi connectivity index (χ2v) is 8.96. The zero-order valence-electron chi connectivity index (χ0n) is 11.3. The Balaban J connectivity index is 2.61. The van der Waals surface area contributed by atoms with Gasteiger partial charge in [0.15, 0.2) is 0 Å². The molecular weight excluding hydrogens is 695 g/mol. The zero-order chi connectivity index (χ0) is 18.7. The van der Waals surface area contributed by atoms with Crippen molar-refractivity contribution >= 4 is 89.8 Å². The number of carbonyl (C=O) groups excluding carboxylic acids is 2. The number of halogens is 5. The van der Waals surface area contributed by atoms with Crippen LogP contribution in [0.1, 0.15) is 10.4 Å². The van der Waals surface area contributed by atoms with Gasteiger partial charge in [0.25, 0.3) is 0 Å².